The largest absolute Gasteiger partial charge is 0.497 e. The summed E-state index contributed by atoms with van der Waals surface area (Å²) in [6.45, 7) is 10.9. The number of anilines is 1. The fraction of sp³-hybridized carbons (Fsp3) is 0.375. The molecule has 0 spiro atoms. The van der Waals surface area contributed by atoms with E-state index < -0.39 is 34.1 Å². The van der Waals surface area contributed by atoms with Gasteiger partial charge in [0.05, 0.1) is 24.3 Å². The number of sulfonamides is 1. The van der Waals surface area contributed by atoms with Crippen molar-refractivity contribution in [3.05, 3.63) is 83.9 Å². The van der Waals surface area contributed by atoms with E-state index in [-0.39, 0.29) is 17.3 Å². The van der Waals surface area contributed by atoms with Crippen molar-refractivity contribution in [1.82, 2.24) is 10.2 Å². The topological polar surface area (TPSA) is 105 Å². The van der Waals surface area contributed by atoms with Crippen LogP contribution in [0.15, 0.2) is 77.7 Å². The zero-order chi connectivity index (χ0) is 31.1. The Hall–Kier alpha value is -4.05. The van der Waals surface area contributed by atoms with Gasteiger partial charge in [-0.25, -0.2) is 8.42 Å². The van der Waals surface area contributed by atoms with Crippen LogP contribution < -0.4 is 19.1 Å². The smallest absolute Gasteiger partial charge is 0.264 e. The molecule has 3 aromatic carbocycles. The summed E-state index contributed by atoms with van der Waals surface area (Å²) in [5.74, 6) is 0.253. The fourth-order valence-corrected chi connectivity index (χ4v) is 5.68. The SMILES string of the molecule is CCOc1ccc(S(=O)(=O)N(CC(=O)N(Cc2cccc(OC)c2)[C@@H](C)C(=O)NC(C)(C)C)c2ccc(C)cc2)cc1. The number of benzene rings is 3. The van der Waals surface area contributed by atoms with Gasteiger partial charge in [-0.3, -0.25) is 13.9 Å². The van der Waals surface area contributed by atoms with Crippen LogP contribution in [0.25, 0.3) is 0 Å². The Morgan fingerprint density at radius 1 is 0.952 bits per heavy atom. The van der Waals surface area contributed by atoms with Crippen molar-refractivity contribution in [2.24, 2.45) is 0 Å². The minimum Gasteiger partial charge on any atom is -0.497 e. The predicted molar refractivity (Wildman–Crippen MR) is 164 cm³/mol. The lowest BCUT2D eigenvalue weighted by Gasteiger charge is -2.33. The molecule has 0 heterocycles. The van der Waals surface area contributed by atoms with Gasteiger partial charge in [-0.15, -0.1) is 0 Å². The Morgan fingerprint density at radius 3 is 2.17 bits per heavy atom. The van der Waals surface area contributed by atoms with Gasteiger partial charge < -0.3 is 19.7 Å². The number of hydrogen-bond donors (Lipinski definition) is 1. The van der Waals surface area contributed by atoms with Gasteiger partial charge in [0.1, 0.15) is 24.1 Å². The minimum atomic E-state index is -4.18. The number of aryl methyl sites for hydroxylation is 1. The fourth-order valence-electron chi connectivity index (χ4n) is 4.27. The highest BCUT2D eigenvalue weighted by atomic mass is 32.2. The number of nitrogens with one attached hydrogen (secondary N) is 1. The van der Waals surface area contributed by atoms with Crippen molar-refractivity contribution in [3.8, 4) is 11.5 Å². The van der Waals surface area contributed by atoms with Crippen molar-refractivity contribution in [3.63, 3.8) is 0 Å². The molecule has 1 atom stereocenters. The van der Waals surface area contributed by atoms with E-state index in [0.717, 1.165) is 15.4 Å². The molecule has 0 aliphatic rings. The van der Waals surface area contributed by atoms with Gasteiger partial charge in [0.25, 0.3) is 10.0 Å². The third-order valence-corrected chi connectivity index (χ3v) is 8.26. The molecule has 0 unspecified atom stereocenters. The van der Waals surface area contributed by atoms with Gasteiger partial charge in [-0.2, -0.15) is 0 Å². The second-order valence-corrected chi connectivity index (χ2v) is 12.9. The van der Waals surface area contributed by atoms with Crippen LogP contribution in [0.5, 0.6) is 11.5 Å². The number of nitrogens with zero attached hydrogens (tertiary/aromatic N) is 2. The van der Waals surface area contributed by atoms with Crippen molar-refractivity contribution in [1.29, 1.82) is 0 Å². The van der Waals surface area contributed by atoms with E-state index >= 15 is 0 Å². The van der Waals surface area contributed by atoms with Gasteiger partial charge in [-0.1, -0.05) is 29.8 Å². The molecule has 9 nitrogen and oxygen atoms in total. The molecule has 3 rings (SSSR count). The van der Waals surface area contributed by atoms with E-state index in [1.165, 1.54) is 17.0 Å². The lowest BCUT2D eigenvalue weighted by molar-refractivity contribution is -0.140. The molecular weight excluding hydrogens is 554 g/mol. The summed E-state index contributed by atoms with van der Waals surface area (Å²) >= 11 is 0. The maximum absolute atomic E-state index is 14.1. The summed E-state index contributed by atoms with van der Waals surface area (Å²) in [4.78, 5) is 28.7. The average molecular weight is 596 g/mol. The Balaban J connectivity index is 2.03. The summed E-state index contributed by atoms with van der Waals surface area (Å²) in [5, 5.41) is 2.92. The zero-order valence-electron chi connectivity index (χ0n) is 25.4. The summed E-state index contributed by atoms with van der Waals surface area (Å²) in [5.41, 5.74) is 1.47. The normalized spacial score (nSPS) is 12.3. The number of ether oxygens (including phenoxy) is 2. The lowest BCUT2D eigenvalue weighted by Crippen LogP contribution is -2.54. The van der Waals surface area contributed by atoms with E-state index in [9.17, 15) is 18.0 Å². The highest BCUT2D eigenvalue weighted by Crippen LogP contribution is 2.27. The van der Waals surface area contributed by atoms with E-state index in [2.05, 4.69) is 5.32 Å². The molecular formula is C32H41N3O6S. The molecule has 0 radical (unpaired) electrons. The van der Waals surface area contributed by atoms with Gasteiger partial charge in [0.15, 0.2) is 0 Å². The van der Waals surface area contributed by atoms with Crippen LogP contribution in [-0.4, -0.2) is 57.0 Å². The van der Waals surface area contributed by atoms with Gasteiger partial charge in [0.2, 0.25) is 11.8 Å². The van der Waals surface area contributed by atoms with E-state index in [4.69, 9.17) is 9.47 Å². The molecule has 0 aromatic heterocycles. The highest BCUT2D eigenvalue weighted by Gasteiger charge is 2.33. The Labute approximate surface area is 249 Å². The third kappa shape index (κ3) is 8.48. The van der Waals surface area contributed by atoms with Crippen LogP contribution in [0.1, 0.15) is 45.7 Å². The van der Waals surface area contributed by atoms with Gasteiger partial charge in [-0.05, 0) is 95.6 Å². The molecule has 1 N–H and O–H groups in total. The van der Waals surface area contributed by atoms with Crippen LogP contribution in [0.4, 0.5) is 5.69 Å². The quantitative estimate of drug-likeness (QED) is 0.318. The first-order valence-electron chi connectivity index (χ1n) is 13.8. The molecule has 10 heteroatoms. The van der Waals surface area contributed by atoms with Crippen molar-refractivity contribution in [2.45, 2.75) is 64.6 Å². The molecule has 0 bridgehead atoms. The zero-order valence-corrected chi connectivity index (χ0v) is 26.2. The monoisotopic (exact) mass is 595 g/mol. The second kappa shape index (κ2) is 13.7. The summed E-state index contributed by atoms with van der Waals surface area (Å²) in [7, 11) is -2.63. The van der Waals surface area contributed by atoms with Crippen LogP contribution in [0.2, 0.25) is 0 Å². The third-order valence-electron chi connectivity index (χ3n) is 6.48. The molecule has 0 saturated carbocycles. The molecule has 3 aromatic rings. The molecule has 226 valence electrons. The van der Waals surface area contributed by atoms with Crippen LogP contribution in [0, 0.1) is 6.92 Å². The van der Waals surface area contributed by atoms with E-state index in [0.29, 0.717) is 23.8 Å². The average Bonchev–Trinajstić information content (AvgIpc) is 2.94. The maximum atomic E-state index is 14.1. The minimum absolute atomic E-state index is 0.0113. The number of rotatable bonds is 12. The molecule has 42 heavy (non-hydrogen) atoms. The van der Waals surface area contributed by atoms with Crippen molar-refractivity contribution < 1.29 is 27.5 Å². The van der Waals surface area contributed by atoms with E-state index in [1.54, 1.807) is 68.6 Å². The molecule has 0 aliphatic heterocycles. The predicted octanol–water partition coefficient (Wildman–Crippen LogP) is 4.93. The summed E-state index contributed by atoms with van der Waals surface area (Å²) in [6.07, 6.45) is 0. The number of amides is 2. The number of methoxy groups -OCH3 is 1. The first-order chi connectivity index (χ1) is 19.7. The number of carbonyl (C=O) groups is 2. The van der Waals surface area contributed by atoms with Crippen molar-refractivity contribution in [2.75, 3.05) is 24.6 Å². The number of hydrogen-bond acceptors (Lipinski definition) is 6. The molecule has 2 amide bonds. The Morgan fingerprint density at radius 2 is 1.60 bits per heavy atom. The Bertz CT molecular complexity index is 1470. The highest BCUT2D eigenvalue weighted by molar-refractivity contribution is 7.92. The first kappa shape index (κ1) is 32.5. The van der Waals surface area contributed by atoms with Crippen LogP contribution >= 0.6 is 0 Å². The van der Waals surface area contributed by atoms with Crippen molar-refractivity contribution >= 4 is 27.5 Å². The lowest BCUT2D eigenvalue weighted by atomic mass is 10.1. The standard InChI is InChI=1S/C32H41N3O6S/c1-8-41-27-16-18-29(19-17-27)42(38,39)35(26-14-12-23(2)13-15-26)22-30(36)34(24(3)31(37)33-32(4,5)6)21-25-10-9-11-28(20-25)40-7/h9-20,24H,8,21-22H2,1-7H3,(H,33,37)/t24-/m0/s1. The van der Waals surface area contributed by atoms with Crippen LogP contribution in [0.3, 0.4) is 0 Å². The van der Waals surface area contributed by atoms with E-state index in [1.807, 2.05) is 40.7 Å². The second-order valence-electron chi connectivity index (χ2n) is 11.0. The molecule has 0 fully saturated rings. The van der Waals surface area contributed by atoms with Gasteiger partial charge in [0, 0.05) is 12.1 Å². The summed E-state index contributed by atoms with van der Waals surface area (Å²) < 4.78 is 39.9. The number of carbonyl (C=O) groups excluding carboxylic acids is 2. The molecule has 0 saturated heterocycles. The van der Waals surface area contributed by atoms with Crippen LogP contribution in [-0.2, 0) is 26.2 Å². The first-order valence-corrected chi connectivity index (χ1v) is 15.3. The Kier molecular flexibility index (Phi) is 10.6. The van der Waals surface area contributed by atoms with Gasteiger partial charge >= 0.3 is 0 Å². The summed E-state index contributed by atoms with van der Waals surface area (Å²) in [6, 6.07) is 19.3. The maximum Gasteiger partial charge on any atom is 0.264 e. The molecule has 0 aliphatic carbocycles.